The summed E-state index contributed by atoms with van der Waals surface area (Å²) in [5.74, 6) is -0.530. The minimum absolute atomic E-state index is 0.00215. The van der Waals surface area contributed by atoms with Crippen LogP contribution in [0.1, 0.15) is 58.5 Å². The van der Waals surface area contributed by atoms with E-state index in [1.807, 2.05) is 62.1 Å². The van der Waals surface area contributed by atoms with Crippen molar-refractivity contribution < 1.29 is 18.8 Å². The lowest BCUT2D eigenvalue weighted by atomic mass is 10.1. The molecule has 8 heteroatoms. The van der Waals surface area contributed by atoms with Crippen LogP contribution < -0.4 is 15.5 Å². The Kier molecular flexibility index (Phi) is 9.53. The van der Waals surface area contributed by atoms with Crippen molar-refractivity contribution in [2.75, 3.05) is 36.4 Å². The van der Waals surface area contributed by atoms with Crippen molar-refractivity contribution in [3.05, 3.63) is 94.8 Å². The minimum Gasteiger partial charge on any atom is -0.369 e. The number of aryl methyl sites for hydroxylation is 1. The molecule has 1 saturated heterocycles. The number of hydrogen-bond donors (Lipinski definition) is 2. The van der Waals surface area contributed by atoms with Crippen LogP contribution in [0, 0.1) is 18.7 Å². The average molecular weight is 545 g/mol. The molecule has 3 aromatic carbocycles. The second-order valence-electron chi connectivity index (χ2n) is 10.7. The normalized spacial score (nSPS) is 13.6. The van der Waals surface area contributed by atoms with Crippen LogP contribution in [0.5, 0.6) is 0 Å². The lowest BCUT2D eigenvalue weighted by molar-refractivity contribution is -0.116. The summed E-state index contributed by atoms with van der Waals surface area (Å²) in [6.07, 6.45) is 1.13. The van der Waals surface area contributed by atoms with Crippen molar-refractivity contribution in [1.29, 1.82) is 0 Å². The molecule has 0 unspecified atom stereocenters. The molecule has 3 aromatic rings. The second-order valence-corrected chi connectivity index (χ2v) is 10.7. The van der Waals surface area contributed by atoms with E-state index in [4.69, 9.17) is 0 Å². The number of anilines is 2. The molecule has 0 aromatic heterocycles. The highest BCUT2D eigenvalue weighted by atomic mass is 19.1. The third-order valence-corrected chi connectivity index (χ3v) is 6.91. The van der Waals surface area contributed by atoms with Gasteiger partial charge in [-0.25, -0.2) is 4.39 Å². The predicted octanol–water partition coefficient (Wildman–Crippen LogP) is 5.40. The molecule has 7 nitrogen and oxygen atoms in total. The third-order valence-electron chi connectivity index (χ3n) is 6.91. The van der Waals surface area contributed by atoms with Crippen molar-refractivity contribution in [3.8, 4) is 0 Å². The Balaban J connectivity index is 1.53. The highest BCUT2D eigenvalue weighted by molar-refractivity contribution is 6.02. The maximum absolute atomic E-state index is 13.4. The number of hydrogen-bond acceptors (Lipinski definition) is 4. The van der Waals surface area contributed by atoms with Gasteiger partial charge in [0, 0.05) is 56.1 Å². The monoisotopic (exact) mass is 544 g/mol. The summed E-state index contributed by atoms with van der Waals surface area (Å²) in [7, 11) is 0. The van der Waals surface area contributed by atoms with Crippen LogP contribution in [0.4, 0.5) is 15.8 Å². The number of nitrogens with zero attached hydrogens (tertiary/aromatic N) is 2. The first-order valence-corrected chi connectivity index (χ1v) is 13.8. The van der Waals surface area contributed by atoms with E-state index >= 15 is 0 Å². The largest absolute Gasteiger partial charge is 0.369 e. The summed E-state index contributed by atoms with van der Waals surface area (Å²) >= 11 is 0. The molecule has 0 aliphatic carbocycles. The topological polar surface area (TPSA) is 81.8 Å². The summed E-state index contributed by atoms with van der Waals surface area (Å²) in [5, 5.41) is 5.83. The first-order chi connectivity index (χ1) is 19.2. The van der Waals surface area contributed by atoms with Crippen LogP contribution in [0.15, 0.2) is 66.7 Å². The maximum Gasteiger partial charge on any atom is 0.253 e. The Hall–Kier alpha value is -4.20. The van der Waals surface area contributed by atoms with Gasteiger partial charge in [-0.05, 0) is 67.3 Å². The van der Waals surface area contributed by atoms with Gasteiger partial charge < -0.3 is 20.4 Å². The fourth-order valence-electron chi connectivity index (χ4n) is 4.77. The van der Waals surface area contributed by atoms with E-state index in [2.05, 4.69) is 15.5 Å². The van der Waals surface area contributed by atoms with E-state index in [-0.39, 0.29) is 36.0 Å². The van der Waals surface area contributed by atoms with Crippen LogP contribution in [-0.2, 0) is 11.3 Å². The summed E-state index contributed by atoms with van der Waals surface area (Å²) < 4.78 is 13.3. The standard InChI is InChI=1S/C32H37FN4O3/c1-22(2)19-30(38)35-27-13-14-29(28(20-27)31(39)34-21-24-7-11-26(33)12-8-24)36-15-4-16-37(18-17-36)32(40)25-9-5-23(3)6-10-25/h5-14,20,22H,4,15-19,21H2,1-3H3,(H,34,39)(H,35,38). The van der Waals surface area contributed by atoms with Crippen molar-refractivity contribution in [2.24, 2.45) is 5.92 Å². The van der Waals surface area contributed by atoms with Gasteiger partial charge in [-0.2, -0.15) is 0 Å². The smallest absolute Gasteiger partial charge is 0.253 e. The molecule has 0 bridgehead atoms. The van der Waals surface area contributed by atoms with Crippen molar-refractivity contribution >= 4 is 29.1 Å². The highest BCUT2D eigenvalue weighted by Gasteiger charge is 2.24. The van der Waals surface area contributed by atoms with Gasteiger partial charge in [0.25, 0.3) is 11.8 Å². The number of rotatable bonds is 8. The van der Waals surface area contributed by atoms with Gasteiger partial charge >= 0.3 is 0 Å². The van der Waals surface area contributed by atoms with E-state index < -0.39 is 0 Å². The van der Waals surface area contributed by atoms with Gasteiger partial charge in [0.1, 0.15) is 5.82 Å². The van der Waals surface area contributed by atoms with Crippen LogP contribution in [0.2, 0.25) is 0 Å². The van der Waals surface area contributed by atoms with Crippen molar-refractivity contribution in [3.63, 3.8) is 0 Å². The van der Waals surface area contributed by atoms with Gasteiger partial charge in [0.15, 0.2) is 0 Å². The predicted molar refractivity (Wildman–Crippen MR) is 156 cm³/mol. The molecule has 1 aliphatic heterocycles. The van der Waals surface area contributed by atoms with Crippen LogP contribution in [0.3, 0.4) is 0 Å². The molecule has 40 heavy (non-hydrogen) atoms. The molecular formula is C32H37FN4O3. The zero-order chi connectivity index (χ0) is 28.6. The van der Waals surface area contributed by atoms with Gasteiger partial charge in [-0.3, -0.25) is 14.4 Å². The Morgan fingerprint density at radius 2 is 1.62 bits per heavy atom. The quantitative estimate of drug-likeness (QED) is 0.398. The molecule has 0 saturated carbocycles. The van der Waals surface area contributed by atoms with E-state index in [9.17, 15) is 18.8 Å². The van der Waals surface area contributed by atoms with E-state index in [0.717, 1.165) is 23.2 Å². The third kappa shape index (κ3) is 7.68. The van der Waals surface area contributed by atoms with Gasteiger partial charge in [0.05, 0.1) is 5.56 Å². The van der Waals surface area contributed by atoms with Crippen molar-refractivity contribution in [2.45, 2.75) is 40.2 Å². The molecular weight excluding hydrogens is 507 g/mol. The fourth-order valence-corrected chi connectivity index (χ4v) is 4.77. The molecule has 0 atom stereocenters. The summed E-state index contributed by atoms with van der Waals surface area (Å²) in [4.78, 5) is 43.0. The van der Waals surface area contributed by atoms with Gasteiger partial charge in [-0.1, -0.05) is 43.7 Å². The minimum atomic E-state index is -0.335. The SMILES string of the molecule is Cc1ccc(C(=O)N2CCCN(c3ccc(NC(=O)CC(C)C)cc3C(=O)NCc3ccc(F)cc3)CC2)cc1. The zero-order valence-electron chi connectivity index (χ0n) is 23.4. The van der Waals surface area contributed by atoms with Crippen LogP contribution in [-0.4, -0.2) is 48.8 Å². The molecule has 1 fully saturated rings. The second kappa shape index (κ2) is 13.2. The number of carbonyl (C=O) groups is 3. The maximum atomic E-state index is 13.4. The molecule has 1 heterocycles. The van der Waals surface area contributed by atoms with Crippen molar-refractivity contribution in [1.82, 2.24) is 10.2 Å². The molecule has 3 amide bonds. The number of benzene rings is 3. The fraction of sp³-hybridized carbons (Fsp3) is 0.344. The Bertz CT molecular complexity index is 1340. The number of nitrogens with one attached hydrogen (secondary N) is 2. The number of carbonyl (C=O) groups excluding carboxylic acids is 3. The summed E-state index contributed by atoms with van der Waals surface area (Å²) in [6, 6.07) is 18.9. The van der Waals surface area contributed by atoms with E-state index in [1.165, 1.54) is 12.1 Å². The zero-order valence-corrected chi connectivity index (χ0v) is 23.4. The lowest BCUT2D eigenvalue weighted by Crippen LogP contribution is -2.36. The summed E-state index contributed by atoms with van der Waals surface area (Å²) in [5.41, 5.74) is 4.27. The Morgan fingerprint density at radius 3 is 2.33 bits per heavy atom. The Morgan fingerprint density at radius 1 is 0.900 bits per heavy atom. The van der Waals surface area contributed by atoms with Crippen LogP contribution in [0.25, 0.3) is 0 Å². The first-order valence-electron chi connectivity index (χ1n) is 13.8. The molecule has 4 rings (SSSR count). The molecule has 210 valence electrons. The van der Waals surface area contributed by atoms with Gasteiger partial charge in [-0.15, -0.1) is 0 Å². The number of halogens is 1. The lowest BCUT2D eigenvalue weighted by Gasteiger charge is -2.26. The first kappa shape index (κ1) is 28.8. The molecule has 1 aliphatic rings. The average Bonchev–Trinajstić information content (AvgIpc) is 3.18. The van der Waals surface area contributed by atoms with Crippen LogP contribution >= 0.6 is 0 Å². The molecule has 0 spiro atoms. The number of amides is 3. The molecule has 2 N–H and O–H groups in total. The summed E-state index contributed by atoms with van der Waals surface area (Å²) in [6.45, 7) is 8.57. The molecule has 0 radical (unpaired) electrons. The van der Waals surface area contributed by atoms with Gasteiger partial charge in [0.2, 0.25) is 5.91 Å². The van der Waals surface area contributed by atoms with E-state index in [0.29, 0.717) is 49.4 Å². The highest BCUT2D eigenvalue weighted by Crippen LogP contribution is 2.27. The van der Waals surface area contributed by atoms with E-state index in [1.54, 1.807) is 18.2 Å². The Labute approximate surface area is 235 Å².